The zero-order valence-electron chi connectivity index (χ0n) is 15.5. The fourth-order valence-electron chi connectivity index (χ4n) is 3.79. The number of carbonyl (C=O) groups excluding carboxylic acids is 2. The van der Waals surface area contributed by atoms with Crippen LogP contribution in [-0.2, 0) is 22.4 Å². The van der Waals surface area contributed by atoms with E-state index in [0.717, 1.165) is 23.4 Å². The first-order valence-electron chi connectivity index (χ1n) is 9.45. The van der Waals surface area contributed by atoms with E-state index >= 15 is 0 Å². The third kappa shape index (κ3) is 3.29. The van der Waals surface area contributed by atoms with Gasteiger partial charge < -0.3 is 15.0 Å². The smallest absolute Gasteiger partial charge is 0.242 e. The molecule has 27 heavy (non-hydrogen) atoms. The Bertz CT molecular complexity index is 873. The average Bonchev–Trinajstić information content (AvgIpc) is 3.41. The van der Waals surface area contributed by atoms with Gasteiger partial charge in [0.15, 0.2) is 0 Å². The van der Waals surface area contributed by atoms with Gasteiger partial charge in [0, 0.05) is 18.8 Å². The lowest BCUT2D eigenvalue weighted by Crippen LogP contribution is -2.45. The summed E-state index contributed by atoms with van der Waals surface area (Å²) in [5.74, 6) is 0.617. The predicted octanol–water partition coefficient (Wildman–Crippen LogP) is 2.72. The summed E-state index contributed by atoms with van der Waals surface area (Å²) in [6, 6.07) is 15.8. The minimum atomic E-state index is -0.869. The van der Waals surface area contributed by atoms with Crippen LogP contribution in [0.3, 0.4) is 0 Å². The number of methoxy groups -OCH3 is 1. The number of nitrogens with one attached hydrogen (secondary N) is 1. The van der Waals surface area contributed by atoms with Crippen molar-refractivity contribution in [1.82, 2.24) is 5.32 Å². The quantitative estimate of drug-likeness (QED) is 0.802. The minimum absolute atomic E-state index is 0.0497. The highest BCUT2D eigenvalue weighted by atomic mass is 16.5. The van der Waals surface area contributed by atoms with Gasteiger partial charge in [-0.05, 0) is 55.0 Å². The molecule has 5 heteroatoms. The van der Waals surface area contributed by atoms with Crippen LogP contribution in [-0.4, -0.2) is 32.0 Å². The summed E-state index contributed by atoms with van der Waals surface area (Å²) in [6.07, 6.45) is 2.83. The number of anilines is 1. The van der Waals surface area contributed by atoms with E-state index in [1.807, 2.05) is 42.5 Å². The number of ether oxygens (including phenoxy) is 1. The van der Waals surface area contributed by atoms with E-state index in [1.54, 1.807) is 12.0 Å². The molecule has 2 aromatic rings. The van der Waals surface area contributed by atoms with E-state index < -0.39 is 5.41 Å². The number of carbonyl (C=O) groups is 2. The van der Waals surface area contributed by atoms with Gasteiger partial charge in [-0.3, -0.25) is 9.59 Å². The van der Waals surface area contributed by atoms with Crippen LogP contribution in [0.2, 0.25) is 0 Å². The predicted molar refractivity (Wildman–Crippen MR) is 104 cm³/mol. The molecule has 1 heterocycles. The largest absolute Gasteiger partial charge is 0.497 e. The molecule has 0 aromatic heterocycles. The first kappa shape index (κ1) is 17.6. The highest BCUT2D eigenvalue weighted by molar-refractivity contribution is 6.14. The van der Waals surface area contributed by atoms with Gasteiger partial charge in [-0.25, -0.2) is 0 Å². The molecule has 2 aromatic carbocycles. The lowest BCUT2D eigenvalue weighted by atomic mass is 10.0. The summed E-state index contributed by atoms with van der Waals surface area (Å²) in [7, 11) is 1.64. The van der Waals surface area contributed by atoms with E-state index in [-0.39, 0.29) is 11.8 Å². The molecule has 0 saturated heterocycles. The third-order valence-electron chi connectivity index (χ3n) is 5.56. The van der Waals surface area contributed by atoms with E-state index in [9.17, 15) is 9.59 Å². The summed E-state index contributed by atoms with van der Waals surface area (Å²) in [5.41, 5.74) is 2.36. The molecule has 1 saturated carbocycles. The number of benzene rings is 2. The van der Waals surface area contributed by atoms with Crippen LogP contribution in [0.15, 0.2) is 48.5 Å². The lowest BCUT2D eigenvalue weighted by Gasteiger charge is -2.23. The van der Waals surface area contributed by atoms with Crippen molar-refractivity contribution in [2.75, 3.05) is 25.1 Å². The molecule has 0 unspecified atom stereocenters. The first-order valence-corrected chi connectivity index (χ1v) is 9.45. The summed E-state index contributed by atoms with van der Waals surface area (Å²) in [4.78, 5) is 27.7. The van der Waals surface area contributed by atoms with Gasteiger partial charge in [0.2, 0.25) is 11.8 Å². The molecule has 1 aliphatic carbocycles. The molecule has 2 aliphatic rings. The minimum Gasteiger partial charge on any atom is -0.497 e. The number of hydrogen-bond acceptors (Lipinski definition) is 3. The zero-order chi connectivity index (χ0) is 18.9. The van der Waals surface area contributed by atoms with Crippen LogP contribution in [0.25, 0.3) is 0 Å². The standard InChI is InChI=1S/C22H24N2O3/c1-27-18-7-4-5-16(15-18)9-13-23-20(25)22(11-12-22)21(26)24-14-10-17-6-2-3-8-19(17)24/h2-8,15H,9-14H2,1H3,(H,23,25). The van der Waals surface area contributed by atoms with Gasteiger partial charge in [0.1, 0.15) is 11.2 Å². The molecule has 0 atom stereocenters. The highest BCUT2D eigenvalue weighted by Gasteiger charge is 2.58. The molecule has 140 valence electrons. The molecule has 4 rings (SSSR count). The molecule has 1 N–H and O–H groups in total. The molecule has 0 bridgehead atoms. The van der Waals surface area contributed by atoms with E-state index in [0.29, 0.717) is 32.4 Å². The number of amides is 2. The Kier molecular flexibility index (Phi) is 4.60. The number of nitrogens with zero attached hydrogens (tertiary/aromatic N) is 1. The summed E-state index contributed by atoms with van der Waals surface area (Å²) < 4.78 is 5.23. The van der Waals surface area contributed by atoms with Crippen molar-refractivity contribution in [2.24, 2.45) is 5.41 Å². The average molecular weight is 364 g/mol. The Morgan fingerprint density at radius 2 is 1.96 bits per heavy atom. The van der Waals surface area contributed by atoms with Crippen molar-refractivity contribution in [3.05, 3.63) is 59.7 Å². The van der Waals surface area contributed by atoms with E-state index in [2.05, 4.69) is 11.4 Å². The number of hydrogen-bond donors (Lipinski definition) is 1. The van der Waals surface area contributed by atoms with Gasteiger partial charge in [0.05, 0.1) is 7.11 Å². The highest BCUT2D eigenvalue weighted by Crippen LogP contribution is 2.49. The van der Waals surface area contributed by atoms with Crippen molar-refractivity contribution in [3.8, 4) is 5.75 Å². The van der Waals surface area contributed by atoms with E-state index in [4.69, 9.17) is 4.74 Å². The van der Waals surface area contributed by atoms with Crippen LogP contribution in [0, 0.1) is 5.41 Å². The summed E-state index contributed by atoms with van der Waals surface area (Å²) in [6.45, 7) is 1.18. The number of rotatable bonds is 6. The second-order valence-electron chi connectivity index (χ2n) is 7.28. The first-order chi connectivity index (χ1) is 13.1. The van der Waals surface area contributed by atoms with Gasteiger partial charge in [0.25, 0.3) is 0 Å². The normalized spacial score (nSPS) is 16.6. The Balaban J connectivity index is 1.38. The molecular formula is C22H24N2O3. The maximum atomic E-state index is 13.1. The second kappa shape index (κ2) is 7.06. The Morgan fingerprint density at radius 3 is 2.74 bits per heavy atom. The Hall–Kier alpha value is -2.82. The monoisotopic (exact) mass is 364 g/mol. The van der Waals surface area contributed by atoms with Gasteiger partial charge in [-0.15, -0.1) is 0 Å². The summed E-state index contributed by atoms with van der Waals surface area (Å²) >= 11 is 0. The van der Waals surface area contributed by atoms with Crippen LogP contribution >= 0.6 is 0 Å². The van der Waals surface area contributed by atoms with Gasteiger partial charge >= 0.3 is 0 Å². The van der Waals surface area contributed by atoms with Crippen molar-refractivity contribution in [3.63, 3.8) is 0 Å². The SMILES string of the molecule is COc1cccc(CCNC(=O)C2(C(=O)N3CCc4ccccc43)CC2)c1. The van der Waals surface area contributed by atoms with Crippen LogP contribution in [0.5, 0.6) is 5.75 Å². The van der Waals surface area contributed by atoms with Crippen LogP contribution in [0.4, 0.5) is 5.69 Å². The lowest BCUT2D eigenvalue weighted by molar-refractivity contribution is -0.135. The Morgan fingerprint density at radius 1 is 1.15 bits per heavy atom. The maximum Gasteiger partial charge on any atom is 0.242 e. The molecule has 1 fully saturated rings. The summed E-state index contributed by atoms with van der Waals surface area (Å²) in [5, 5.41) is 2.97. The maximum absolute atomic E-state index is 13.1. The number of para-hydroxylation sites is 1. The van der Waals surface area contributed by atoms with Gasteiger partial charge in [-0.1, -0.05) is 30.3 Å². The van der Waals surface area contributed by atoms with Crippen molar-refractivity contribution < 1.29 is 14.3 Å². The zero-order valence-corrected chi connectivity index (χ0v) is 15.5. The molecule has 0 spiro atoms. The topological polar surface area (TPSA) is 58.6 Å². The fraction of sp³-hybridized carbons (Fsp3) is 0.364. The van der Waals surface area contributed by atoms with Crippen molar-refractivity contribution in [2.45, 2.75) is 25.7 Å². The van der Waals surface area contributed by atoms with Crippen LogP contribution in [0.1, 0.15) is 24.0 Å². The molecule has 2 amide bonds. The Labute approximate surface area is 159 Å². The molecule has 1 aliphatic heterocycles. The molecule has 0 radical (unpaired) electrons. The van der Waals surface area contributed by atoms with Gasteiger partial charge in [-0.2, -0.15) is 0 Å². The fourth-order valence-corrected chi connectivity index (χ4v) is 3.79. The van der Waals surface area contributed by atoms with Crippen molar-refractivity contribution >= 4 is 17.5 Å². The number of fused-ring (bicyclic) bond motifs is 1. The van der Waals surface area contributed by atoms with E-state index in [1.165, 1.54) is 5.56 Å². The van der Waals surface area contributed by atoms with Crippen molar-refractivity contribution in [1.29, 1.82) is 0 Å². The van der Waals surface area contributed by atoms with Crippen LogP contribution < -0.4 is 15.0 Å². The second-order valence-corrected chi connectivity index (χ2v) is 7.28. The molecule has 5 nitrogen and oxygen atoms in total. The molecular weight excluding hydrogens is 340 g/mol. The third-order valence-corrected chi connectivity index (χ3v) is 5.56.